The molecule has 0 radical (unpaired) electrons. The first-order valence-electron chi connectivity index (χ1n) is 8.66. The fraction of sp³-hybridized carbons (Fsp3) is 0.286. The molecule has 4 nitrogen and oxygen atoms in total. The minimum absolute atomic E-state index is 0.00416. The number of H-pyrrole nitrogens is 1. The number of aryl methyl sites for hydroxylation is 1. The van der Waals surface area contributed by atoms with Crippen LogP contribution >= 0.6 is 0 Å². The molecule has 1 heterocycles. The SMILES string of the molecule is CCN(CC)C(=O)c1c(OC)cccc1-c1[nH]c2ccccc2c1C. The van der Waals surface area contributed by atoms with Crippen LogP contribution in [0.15, 0.2) is 42.5 Å². The Labute approximate surface area is 148 Å². The van der Waals surface area contributed by atoms with Gasteiger partial charge in [0.2, 0.25) is 0 Å². The number of fused-ring (bicyclic) bond motifs is 1. The minimum atomic E-state index is -0.00416. The Bertz CT molecular complexity index is 907. The van der Waals surface area contributed by atoms with Crippen molar-refractivity contribution in [1.82, 2.24) is 9.88 Å². The number of rotatable bonds is 5. The summed E-state index contributed by atoms with van der Waals surface area (Å²) in [6.45, 7) is 7.39. The second-order valence-corrected chi connectivity index (χ2v) is 6.03. The zero-order chi connectivity index (χ0) is 18.0. The normalized spacial score (nSPS) is 10.9. The molecule has 0 unspecified atom stereocenters. The lowest BCUT2D eigenvalue weighted by molar-refractivity contribution is 0.0770. The number of para-hydroxylation sites is 1. The van der Waals surface area contributed by atoms with Crippen molar-refractivity contribution >= 4 is 16.8 Å². The van der Waals surface area contributed by atoms with Gasteiger partial charge in [0.15, 0.2) is 0 Å². The summed E-state index contributed by atoms with van der Waals surface area (Å²) in [7, 11) is 1.61. The van der Waals surface area contributed by atoms with E-state index in [-0.39, 0.29) is 5.91 Å². The van der Waals surface area contributed by atoms with Crippen LogP contribution in [0.25, 0.3) is 22.2 Å². The van der Waals surface area contributed by atoms with Crippen molar-refractivity contribution < 1.29 is 9.53 Å². The topological polar surface area (TPSA) is 45.3 Å². The van der Waals surface area contributed by atoms with Gasteiger partial charge in [-0.2, -0.15) is 0 Å². The van der Waals surface area contributed by atoms with Crippen molar-refractivity contribution in [2.24, 2.45) is 0 Å². The summed E-state index contributed by atoms with van der Waals surface area (Å²) in [5.74, 6) is 0.600. The van der Waals surface area contributed by atoms with E-state index in [4.69, 9.17) is 4.74 Å². The van der Waals surface area contributed by atoms with Gasteiger partial charge in [-0.1, -0.05) is 30.3 Å². The molecule has 1 aromatic heterocycles. The summed E-state index contributed by atoms with van der Waals surface area (Å²) in [6, 6.07) is 13.9. The molecule has 3 rings (SSSR count). The average molecular weight is 336 g/mol. The molecule has 2 aromatic carbocycles. The predicted molar refractivity (Wildman–Crippen MR) is 102 cm³/mol. The molecule has 3 aromatic rings. The van der Waals surface area contributed by atoms with Crippen LogP contribution in [0.2, 0.25) is 0 Å². The van der Waals surface area contributed by atoms with Crippen molar-refractivity contribution in [2.75, 3.05) is 20.2 Å². The molecule has 0 atom stereocenters. The largest absolute Gasteiger partial charge is 0.496 e. The van der Waals surface area contributed by atoms with Gasteiger partial charge in [0, 0.05) is 29.6 Å². The van der Waals surface area contributed by atoms with Crippen LogP contribution in [0.1, 0.15) is 29.8 Å². The third kappa shape index (κ3) is 2.88. The summed E-state index contributed by atoms with van der Waals surface area (Å²) in [4.78, 5) is 18.4. The molecular formula is C21H24N2O2. The van der Waals surface area contributed by atoms with Crippen molar-refractivity contribution in [1.29, 1.82) is 0 Å². The maximum atomic E-state index is 13.1. The van der Waals surface area contributed by atoms with Gasteiger partial charge in [-0.15, -0.1) is 0 Å². The third-order valence-electron chi connectivity index (χ3n) is 4.75. The molecule has 1 N–H and O–H groups in total. The van der Waals surface area contributed by atoms with Gasteiger partial charge in [-0.05, 0) is 38.5 Å². The van der Waals surface area contributed by atoms with E-state index >= 15 is 0 Å². The van der Waals surface area contributed by atoms with Crippen LogP contribution in [-0.2, 0) is 0 Å². The number of hydrogen-bond donors (Lipinski definition) is 1. The monoisotopic (exact) mass is 336 g/mol. The number of nitrogens with one attached hydrogen (secondary N) is 1. The van der Waals surface area contributed by atoms with Crippen LogP contribution in [0.4, 0.5) is 0 Å². The summed E-state index contributed by atoms with van der Waals surface area (Å²) in [6.07, 6.45) is 0. The number of carbonyl (C=O) groups excluding carboxylic acids is 1. The zero-order valence-corrected chi connectivity index (χ0v) is 15.2. The highest BCUT2D eigenvalue weighted by Gasteiger charge is 2.24. The van der Waals surface area contributed by atoms with E-state index < -0.39 is 0 Å². The first-order chi connectivity index (χ1) is 12.1. The number of methoxy groups -OCH3 is 1. The van der Waals surface area contributed by atoms with Gasteiger partial charge < -0.3 is 14.6 Å². The number of ether oxygens (including phenoxy) is 1. The Morgan fingerprint density at radius 1 is 1.08 bits per heavy atom. The van der Waals surface area contributed by atoms with Crippen molar-refractivity contribution in [3.63, 3.8) is 0 Å². The van der Waals surface area contributed by atoms with E-state index in [0.717, 1.165) is 22.3 Å². The van der Waals surface area contributed by atoms with Gasteiger partial charge in [0.25, 0.3) is 5.91 Å². The molecule has 25 heavy (non-hydrogen) atoms. The zero-order valence-electron chi connectivity index (χ0n) is 15.2. The Morgan fingerprint density at radius 3 is 2.44 bits per heavy atom. The molecular weight excluding hydrogens is 312 g/mol. The Morgan fingerprint density at radius 2 is 1.80 bits per heavy atom. The van der Waals surface area contributed by atoms with E-state index in [2.05, 4.69) is 24.0 Å². The van der Waals surface area contributed by atoms with Crippen LogP contribution in [0.3, 0.4) is 0 Å². The molecule has 0 fully saturated rings. The van der Waals surface area contributed by atoms with E-state index in [9.17, 15) is 4.79 Å². The highest BCUT2D eigenvalue weighted by Crippen LogP contribution is 2.36. The first kappa shape index (κ1) is 17.1. The third-order valence-corrected chi connectivity index (χ3v) is 4.75. The Balaban J connectivity index is 2.25. The summed E-state index contributed by atoms with van der Waals surface area (Å²) >= 11 is 0. The van der Waals surface area contributed by atoms with E-state index in [0.29, 0.717) is 24.4 Å². The number of hydrogen-bond acceptors (Lipinski definition) is 2. The molecule has 0 spiro atoms. The van der Waals surface area contributed by atoms with Gasteiger partial charge in [0.1, 0.15) is 5.75 Å². The average Bonchev–Trinajstić information content (AvgIpc) is 2.99. The highest BCUT2D eigenvalue weighted by atomic mass is 16.5. The van der Waals surface area contributed by atoms with E-state index in [1.165, 1.54) is 5.39 Å². The maximum Gasteiger partial charge on any atom is 0.258 e. The summed E-state index contributed by atoms with van der Waals surface area (Å²) < 4.78 is 5.52. The lowest BCUT2D eigenvalue weighted by Gasteiger charge is -2.22. The van der Waals surface area contributed by atoms with Crippen LogP contribution in [-0.4, -0.2) is 36.0 Å². The summed E-state index contributed by atoms with van der Waals surface area (Å²) in [5, 5.41) is 1.17. The van der Waals surface area contributed by atoms with Gasteiger partial charge in [-0.3, -0.25) is 4.79 Å². The Hall–Kier alpha value is -2.75. The molecule has 0 aliphatic carbocycles. The summed E-state index contributed by atoms with van der Waals surface area (Å²) in [5.41, 5.74) is 4.67. The molecule has 4 heteroatoms. The first-order valence-corrected chi connectivity index (χ1v) is 8.66. The van der Waals surface area contributed by atoms with E-state index in [1.807, 2.05) is 49.1 Å². The van der Waals surface area contributed by atoms with Crippen LogP contribution < -0.4 is 4.74 Å². The molecule has 0 aliphatic heterocycles. The van der Waals surface area contributed by atoms with Crippen molar-refractivity contribution in [3.8, 4) is 17.0 Å². The smallest absolute Gasteiger partial charge is 0.258 e. The van der Waals surface area contributed by atoms with Crippen LogP contribution in [0, 0.1) is 6.92 Å². The minimum Gasteiger partial charge on any atom is -0.496 e. The standard InChI is InChI=1S/C21H24N2O2/c1-5-23(6-2)21(24)19-16(11-9-13-18(19)25-4)20-14(3)15-10-7-8-12-17(15)22-20/h7-13,22H,5-6H2,1-4H3. The fourth-order valence-electron chi connectivity index (χ4n) is 3.35. The van der Waals surface area contributed by atoms with Gasteiger partial charge in [0.05, 0.1) is 18.4 Å². The van der Waals surface area contributed by atoms with Crippen molar-refractivity contribution in [2.45, 2.75) is 20.8 Å². The lowest BCUT2D eigenvalue weighted by atomic mass is 9.99. The number of aromatic amines is 1. The molecule has 1 amide bonds. The maximum absolute atomic E-state index is 13.1. The number of carbonyl (C=O) groups is 1. The van der Waals surface area contributed by atoms with E-state index in [1.54, 1.807) is 7.11 Å². The highest BCUT2D eigenvalue weighted by molar-refractivity contribution is 6.05. The molecule has 130 valence electrons. The lowest BCUT2D eigenvalue weighted by Crippen LogP contribution is -2.31. The van der Waals surface area contributed by atoms with Crippen molar-refractivity contribution in [3.05, 3.63) is 53.6 Å². The molecule has 0 bridgehead atoms. The molecule has 0 aliphatic rings. The second-order valence-electron chi connectivity index (χ2n) is 6.03. The predicted octanol–water partition coefficient (Wildman–Crippen LogP) is 4.63. The molecule has 0 saturated heterocycles. The van der Waals surface area contributed by atoms with Crippen LogP contribution in [0.5, 0.6) is 5.75 Å². The second kappa shape index (κ2) is 7.01. The number of aromatic nitrogens is 1. The van der Waals surface area contributed by atoms with Gasteiger partial charge >= 0.3 is 0 Å². The quantitative estimate of drug-likeness (QED) is 0.738. The molecule has 0 saturated carbocycles. The number of benzene rings is 2. The van der Waals surface area contributed by atoms with Gasteiger partial charge in [-0.25, -0.2) is 0 Å². The number of amides is 1. The number of nitrogens with zero attached hydrogens (tertiary/aromatic N) is 1. The fourth-order valence-corrected chi connectivity index (χ4v) is 3.35. The Kier molecular flexibility index (Phi) is 4.79.